The number of fused-ring (bicyclic) bond motifs is 10. The van der Waals surface area contributed by atoms with Gasteiger partial charge in [-0.2, -0.15) is 0 Å². The van der Waals surface area contributed by atoms with Gasteiger partial charge >= 0.3 is 23.9 Å². The molecule has 0 amide bonds. The molecule has 1 saturated heterocycles. The lowest BCUT2D eigenvalue weighted by atomic mass is 9.65. The molecule has 9 nitrogen and oxygen atoms in total. The van der Waals surface area contributed by atoms with E-state index < -0.39 is 10.8 Å². The van der Waals surface area contributed by atoms with Gasteiger partial charge in [-0.3, -0.25) is 19.2 Å². The number of benzene rings is 1. The van der Waals surface area contributed by atoms with E-state index in [4.69, 9.17) is 18.9 Å². The molecular formula is C47H70O9. The van der Waals surface area contributed by atoms with Crippen LogP contribution in [0, 0.1) is 76.4 Å². The molecule has 1 heterocycles. The van der Waals surface area contributed by atoms with Crippen LogP contribution in [0.3, 0.4) is 0 Å². The van der Waals surface area contributed by atoms with Gasteiger partial charge in [-0.25, -0.2) is 0 Å². The SMILES string of the molecule is CCC(C)(C)C(=O)OC1(CC)CC2CC1C1C3CCC(C3)C21.CCC(C)(C)C(=O)OC1C2CC3C(=O)OC1C3C2.CCC(C)(C)C(=O)Oc1ccc(C)c(O)c1. The number of esters is 4. The topological polar surface area (TPSA) is 125 Å². The maximum absolute atomic E-state index is 12.7. The number of aromatic hydroxyl groups is 1. The molecule has 7 aliphatic rings. The number of carbonyl (C=O) groups is 4. The molecule has 12 atom stereocenters. The summed E-state index contributed by atoms with van der Waals surface area (Å²) in [7, 11) is 0. The molecule has 0 spiro atoms. The van der Waals surface area contributed by atoms with E-state index in [-0.39, 0.29) is 58.8 Å². The van der Waals surface area contributed by atoms with E-state index in [9.17, 15) is 24.3 Å². The molecule has 56 heavy (non-hydrogen) atoms. The van der Waals surface area contributed by atoms with E-state index in [2.05, 4.69) is 13.8 Å². The van der Waals surface area contributed by atoms with Gasteiger partial charge in [-0.1, -0.05) is 33.8 Å². The first-order chi connectivity index (χ1) is 26.2. The third-order valence-electron chi connectivity index (χ3n) is 16.1. The van der Waals surface area contributed by atoms with Gasteiger partial charge in [0.05, 0.1) is 22.2 Å². The molecular weight excluding hydrogens is 709 g/mol. The fourth-order valence-electron chi connectivity index (χ4n) is 11.3. The third-order valence-corrected chi connectivity index (χ3v) is 16.1. The monoisotopic (exact) mass is 779 g/mol. The van der Waals surface area contributed by atoms with E-state index in [1.807, 2.05) is 55.4 Å². The lowest BCUT2D eigenvalue weighted by Crippen LogP contribution is -2.49. The highest BCUT2D eigenvalue weighted by Crippen LogP contribution is 2.71. The Labute approximate surface area is 335 Å². The van der Waals surface area contributed by atoms with Gasteiger partial charge in [0.1, 0.15) is 29.3 Å². The number of hydrogen-bond donors (Lipinski definition) is 1. The van der Waals surface area contributed by atoms with Crippen LogP contribution in [0.2, 0.25) is 0 Å². The van der Waals surface area contributed by atoms with Gasteiger partial charge in [-0.15, -0.1) is 0 Å². The van der Waals surface area contributed by atoms with Crippen molar-refractivity contribution in [2.75, 3.05) is 0 Å². The van der Waals surface area contributed by atoms with Crippen molar-refractivity contribution in [3.8, 4) is 11.5 Å². The van der Waals surface area contributed by atoms with Crippen LogP contribution in [0.25, 0.3) is 0 Å². The predicted octanol–water partition coefficient (Wildman–Crippen LogP) is 9.77. The number of aryl methyl sites for hydroxylation is 1. The molecule has 6 aliphatic carbocycles. The molecule has 8 rings (SSSR count). The Morgan fingerprint density at radius 1 is 0.786 bits per heavy atom. The van der Waals surface area contributed by atoms with Crippen molar-refractivity contribution < 1.29 is 43.2 Å². The fraction of sp³-hybridized carbons (Fsp3) is 0.787. The minimum absolute atomic E-state index is 0.0455. The predicted molar refractivity (Wildman–Crippen MR) is 213 cm³/mol. The molecule has 9 heteroatoms. The van der Waals surface area contributed by atoms with Crippen molar-refractivity contribution in [1.82, 2.24) is 0 Å². The molecule has 1 aliphatic heterocycles. The maximum Gasteiger partial charge on any atom is 0.316 e. The van der Waals surface area contributed by atoms with Crippen molar-refractivity contribution in [3.05, 3.63) is 23.8 Å². The molecule has 1 N–H and O–H groups in total. The number of hydrogen-bond acceptors (Lipinski definition) is 9. The summed E-state index contributed by atoms with van der Waals surface area (Å²) in [6.45, 7) is 21.6. The molecule has 7 fully saturated rings. The minimum Gasteiger partial charge on any atom is -0.508 e. The Morgan fingerprint density at radius 2 is 1.39 bits per heavy atom. The van der Waals surface area contributed by atoms with Crippen molar-refractivity contribution in [2.45, 2.75) is 165 Å². The second-order valence-electron chi connectivity index (χ2n) is 20.4. The Morgan fingerprint density at radius 3 is 2.00 bits per heavy atom. The second kappa shape index (κ2) is 15.6. The van der Waals surface area contributed by atoms with E-state index in [1.54, 1.807) is 19.1 Å². The summed E-state index contributed by atoms with van der Waals surface area (Å²) in [6, 6.07) is 4.86. The van der Waals surface area contributed by atoms with Crippen LogP contribution in [0.1, 0.15) is 145 Å². The average Bonchev–Trinajstić information content (AvgIpc) is 4.03. The van der Waals surface area contributed by atoms with Crippen molar-refractivity contribution in [1.29, 1.82) is 0 Å². The van der Waals surface area contributed by atoms with E-state index in [1.165, 1.54) is 31.7 Å². The molecule has 312 valence electrons. The smallest absolute Gasteiger partial charge is 0.316 e. The van der Waals surface area contributed by atoms with E-state index in [0.29, 0.717) is 29.9 Å². The van der Waals surface area contributed by atoms with Gasteiger partial charge < -0.3 is 24.1 Å². The molecule has 6 bridgehead atoms. The molecule has 1 aromatic rings. The van der Waals surface area contributed by atoms with Gasteiger partial charge in [0.25, 0.3) is 0 Å². The van der Waals surface area contributed by atoms with Crippen molar-refractivity contribution in [3.63, 3.8) is 0 Å². The van der Waals surface area contributed by atoms with Crippen LogP contribution >= 0.6 is 0 Å². The lowest BCUT2D eigenvalue weighted by molar-refractivity contribution is -0.183. The zero-order chi connectivity index (χ0) is 41.1. The minimum atomic E-state index is -0.499. The highest BCUT2D eigenvalue weighted by atomic mass is 16.6. The van der Waals surface area contributed by atoms with Gasteiger partial charge in [0.15, 0.2) is 0 Å². The van der Waals surface area contributed by atoms with Crippen LogP contribution in [-0.4, -0.2) is 46.8 Å². The summed E-state index contributed by atoms with van der Waals surface area (Å²) in [5, 5.41) is 9.48. The standard InChI is InChI=1S/C20H32O2.C14H20O4.C13H18O3/c1-5-19(3,4)18(21)22-20(6-2)11-14-10-15(20)17-13-8-7-12(9-13)16(14)17;1-4-14(2,3)13(16)18-10-7-5-8-9(6-7)12(15)17-11(8)10;1-5-13(3,4)12(15)16-10-7-6-9(2)11(14)8-10/h12-17H,5-11H2,1-4H3;7-11H,4-6H2,1-3H3;6-8,14H,5H2,1-4H3. The van der Waals surface area contributed by atoms with Crippen LogP contribution in [0.15, 0.2) is 18.2 Å². The van der Waals surface area contributed by atoms with Crippen LogP contribution < -0.4 is 4.74 Å². The molecule has 0 aromatic heterocycles. The Hall–Kier alpha value is -3.10. The van der Waals surface area contributed by atoms with E-state index >= 15 is 0 Å². The van der Waals surface area contributed by atoms with Gasteiger partial charge in [0.2, 0.25) is 0 Å². The molecule has 12 unspecified atom stereocenters. The number of rotatable bonds is 10. The maximum atomic E-state index is 12.7. The highest BCUT2D eigenvalue weighted by Gasteiger charge is 2.68. The Balaban J connectivity index is 0.000000145. The van der Waals surface area contributed by atoms with E-state index in [0.717, 1.165) is 73.7 Å². The number of ether oxygens (including phenoxy) is 4. The first kappa shape index (κ1) is 42.5. The molecule has 6 saturated carbocycles. The second-order valence-corrected chi connectivity index (χ2v) is 20.4. The molecule has 1 aromatic carbocycles. The van der Waals surface area contributed by atoms with Crippen LogP contribution in [-0.2, 0) is 33.4 Å². The number of phenolic OH excluding ortho intramolecular Hbond substituents is 1. The number of carbonyl (C=O) groups excluding carboxylic acids is 4. The summed E-state index contributed by atoms with van der Waals surface area (Å²) in [4.78, 5) is 48.2. The van der Waals surface area contributed by atoms with Crippen LogP contribution in [0.4, 0.5) is 0 Å². The zero-order valence-corrected chi connectivity index (χ0v) is 36.1. The summed E-state index contributed by atoms with van der Waals surface area (Å²) in [6.07, 6.45) is 11.7. The quantitative estimate of drug-likeness (QED) is 0.107. The summed E-state index contributed by atoms with van der Waals surface area (Å²) in [5.41, 5.74) is -0.656. The lowest BCUT2D eigenvalue weighted by Gasteiger charge is -2.46. The van der Waals surface area contributed by atoms with Crippen LogP contribution in [0.5, 0.6) is 11.5 Å². The zero-order valence-electron chi connectivity index (χ0n) is 36.1. The van der Waals surface area contributed by atoms with Crippen molar-refractivity contribution in [2.24, 2.45) is 69.5 Å². The molecule has 0 radical (unpaired) electrons. The van der Waals surface area contributed by atoms with Gasteiger partial charge in [0, 0.05) is 23.8 Å². The largest absolute Gasteiger partial charge is 0.508 e. The number of phenols is 1. The normalized spacial score (nSPS) is 35.6. The Bertz CT molecular complexity index is 1660. The Kier molecular flexibility index (Phi) is 11.8. The summed E-state index contributed by atoms with van der Waals surface area (Å²) >= 11 is 0. The third kappa shape index (κ3) is 7.63. The fourth-order valence-corrected chi connectivity index (χ4v) is 11.3. The summed E-state index contributed by atoms with van der Waals surface area (Å²) in [5.74, 6) is 6.10. The first-order valence-electron chi connectivity index (χ1n) is 21.9. The average molecular weight is 779 g/mol. The summed E-state index contributed by atoms with van der Waals surface area (Å²) < 4.78 is 22.6. The van der Waals surface area contributed by atoms with Crippen molar-refractivity contribution >= 4 is 23.9 Å². The first-order valence-corrected chi connectivity index (χ1v) is 21.9. The highest BCUT2D eigenvalue weighted by molar-refractivity contribution is 5.79. The van der Waals surface area contributed by atoms with Gasteiger partial charge in [-0.05, 0) is 160 Å².